The van der Waals surface area contributed by atoms with Gasteiger partial charge in [-0.15, -0.1) is 6.58 Å². The number of pyridine rings is 1. The van der Waals surface area contributed by atoms with Crippen molar-refractivity contribution in [2.24, 2.45) is 0 Å². The summed E-state index contributed by atoms with van der Waals surface area (Å²) >= 11 is 0. The van der Waals surface area contributed by atoms with Crippen molar-refractivity contribution in [1.29, 1.82) is 0 Å². The van der Waals surface area contributed by atoms with Crippen LogP contribution in [0.3, 0.4) is 0 Å². The van der Waals surface area contributed by atoms with Crippen LogP contribution >= 0.6 is 0 Å². The summed E-state index contributed by atoms with van der Waals surface area (Å²) in [5.41, 5.74) is 2.34. The lowest BCUT2D eigenvalue weighted by atomic mass is 10.1. The van der Waals surface area contributed by atoms with Crippen molar-refractivity contribution in [3.63, 3.8) is 0 Å². The molecule has 1 aliphatic carbocycles. The number of benzene rings is 2. The number of rotatable bonds is 10. The molecule has 1 N–H and O–H groups in total. The van der Waals surface area contributed by atoms with E-state index < -0.39 is 16.6 Å². The smallest absolute Gasteiger partial charge is 0.228 e. The van der Waals surface area contributed by atoms with E-state index in [1.165, 1.54) is 6.07 Å². The van der Waals surface area contributed by atoms with Gasteiger partial charge >= 0.3 is 0 Å². The number of nitrogens with one attached hydrogen (secondary N) is 1. The zero-order valence-corrected chi connectivity index (χ0v) is 21.3. The monoisotopic (exact) mass is 518 g/mol. The maximum Gasteiger partial charge on any atom is 0.228 e. The molecule has 1 saturated carbocycles. The van der Waals surface area contributed by atoms with Gasteiger partial charge in [0.1, 0.15) is 5.75 Å². The number of fused-ring (bicyclic) bond motifs is 1. The summed E-state index contributed by atoms with van der Waals surface area (Å²) in [7, 11) is -1.07. The van der Waals surface area contributed by atoms with Crippen LogP contribution in [-0.2, 0) is 28.6 Å². The molecule has 1 fully saturated rings. The highest BCUT2D eigenvalue weighted by Crippen LogP contribution is 2.36. The summed E-state index contributed by atoms with van der Waals surface area (Å²) in [6.07, 6.45) is 9.44. The number of aryl methyl sites for hydroxylation is 2. The Labute approximate surface area is 216 Å². The molecule has 1 unspecified atom stereocenters. The topological polar surface area (TPSA) is 86.1 Å². The maximum absolute atomic E-state index is 15.2. The van der Waals surface area contributed by atoms with Crippen molar-refractivity contribution in [3.8, 4) is 11.5 Å². The number of hydrogen-bond acceptors (Lipinski definition) is 5. The number of ether oxygens (including phenoxy) is 1. The molecule has 37 heavy (non-hydrogen) atoms. The fraction of sp³-hybridized carbons (Fsp3) is 0.250. The summed E-state index contributed by atoms with van der Waals surface area (Å²) in [5, 5.41) is 7.87. The number of allylic oxidation sites excluding steroid dienone is 1. The van der Waals surface area contributed by atoms with Crippen LogP contribution < -0.4 is 10.1 Å². The number of anilines is 1. The van der Waals surface area contributed by atoms with Gasteiger partial charge in [0.25, 0.3) is 0 Å². The third-order valence-corrected chi connectivity index (χ3v) is 7.87. The van der Waals surface area contributed by atoms with Gasteiger partial charge in [-0.05, 0) is 67.6 Å². The summed E-state index contributed by atoms with van der Waals surface area (Å²) in [5.74, 6) is -0.329. The van der Waals surface area contributed by atoms with Crippen molar-refractivity contribution in [1.82, 2.24) is 14.8 Å². The molecule has 7 nitrogen and oxygen atoms in total. The van der Waals surface area contributed by atoms with Gasteiger partial charge < -0.3 is 10.1 Å². The zero-order valence-electron chi connectivity index (χ0n) is 20.4. The van der Waals surface area contributed by atoms with E-state index in [1.54, 1.807) is 48.4 Å². The third kappa shape index (κ3) is 5.77. The minimum atomic E-state index is -1.07. The van der Waals surface area contributed by atoms with E-state index in [0.29, 0.717) is 40.0 Å². The molecule has 5 rings (SSSR count). The lowest BCUT2D eigenvalue weighted by Crippen LogP contribution is -2.14. The van der Waals surface area contributed by atoms with Crippen LogP contribution in [0.4, 0.5) is 10.1 Å². The molecule has 0 saturated heterocycles. The Morgan fingerprint density at radius 2 is 2.14 bits per heavy atom. The molecule has 1 atom stereocenters. The first kappa shape index (κ1) is 24.8. The molecule has 9 heteroatoms. The molecule has 0 bridgehead atoms. The number of halogens is 1. The molecular weight excluding hydrogens is 491 g/mol. The molecule has 1 amide bonds. The second-order valence-electron chi connectivity index (χ2n) is 9.10. The standard InChI is InChI=1S/C28H27FN4O3S/c1-3-4-11-33-17-20(16-31-33)32-27(34)14-19-12-18(2)28(24(29)13-19)36-26-9-10-30-25-8-7-22(15-23(25)26)37(35)21-5-6-21/h3,7-10,12-13,15-17,21H,1,4-6,11,14H2,2H3,(H,32,34). The first-order valence-corrected chi connectivity index (χ1v) is 13.3. The fourth-order valence-corrected chi connectivity index (χ4v) is 5.48. The highest BCUT2D eigenvalue weighted by atomic mass is 32.2. The molecule has 4 aromatic rings. The molecular formula is C28H27FN4O3S. The zero-order chi connectivity index (χ0) is 25.9. The van der Waals surface area contributed by atoms with E-state index in [0.717, 1.165) is 24.2 Å². The van der Waals surface area contributed by atoms with Crippen LogP contribution in [0.5, 0.6) is 11.5 Å². The van der Waals surface area contributed by atoms with Crippen LogP contribution in [0.25, 0.3) is 10.9 Å². The van der Waals surface area contributed by atoms with E-state index in [1.807, 2.05) is 18.2 Å². The van der Waals surface area contributed by atoms with Crippen molar-refractivity contribution in [2.45, 2.75) is 49.3 Å². The predicted octanol–water partition coefficient (Wildman–Crippen LogP) is 5.70. The fourth-order valence-electron chi connectivity index (χ4n) is 4.10. The van der Waals surface area contributed by atoms with Gasteiger partial charge in [0, 0.05) is 34.5 Å². The predicted molar refractivity (Wildman–Crippen MR) is 142 cm³/mol. The molecule has 190 valence electrons. The Morgan fingerprint density at radius 3 is 2.89 bits per heavy atom. The quantitative estimate of drug-likeness (QED) is 0.272. The summed E-state index contributed by atoms with van der Waals surface area (Å²) in [4.78, 5) is 17.6. The Hall–Kier alpha value is -3.85. The number of aromatic nitrogens is 3. The van der Waals surface area contributed by atoms with Gasteiger partial charge in [0.15, 0.2) is 11.6 Å². The van der Waals surface area contributed by atoms with E-state index in [-0.39, 0.29) is 23.3 Å². The van der Waals surface area contributed by atoms with Gasteiger partial charge in [-0.1, -0.05) is 12.1 Å². The first-order chi connectivity index (χ1) is 17.9. The summed E-state index contributed by atoms with van der Waals surface area (Å²) < 4.78 is 35.6. The molecule has 2 heterocycles. The minimum absolute atomic E-state index is 0.00437. The van der Waals surface area contributed by atoms with E-state index >= 15 is 4.39 Å². The van der Waals surface area contributed by atoms with Crippen LogP contribution in [0.2, 0.25) is 0 Å². The molecule has 1 aliphatic rings. The van der Waals surface area contributed by atoms with Crippen LogP contribution in [0.1, 0.15) is 30.4 Å². The van der Waals surface area contributed by atoms with Gasteiger partial charge in [-0.2, -0.15) is 5.10 Å². The number of carbonyl (C=O) groups excluding carboxylic acids is 1. The van der Waals surface area contributed by atoms with Crippen molar-refractivity contribution >= 4 is 33.3 Å². The molecule has 2 aromatic heterocycles. The van der Waals surface area contributed by atoms with Crippen molar-refractivity contribution in [2.75, 3.05) is 5.32 Å². The van der Waals surface area contributed by atoms with Crippen LogP contribution in [0, 0.1) is 12.7 Å². The second-order valence-corrected chi connectivity index (χ2v) is 10.8. The molecule has 2 aromatic carbocycles. The highest BCUT2D eigenvalue weighted by molar-refractivity contribution is 7.86. The molecule has 0 radical (unpaired) electrons. The Balaban J connectivity index is 1.32. The van der Waals surface area contributed by atoms with E-state index in [2.05, 4.69) is 22.0 Å². The van der Waals surface area contributed by atoms with Gasteiger partial charge in [0.05, 0.1) is 34.6 Å². The van der Waals surface area contributed by atoms with E-state index in [9.17, 15) is 9.00 Å². The number of nitrogens with zero attached hydrogens (tertiary/aromatic N) is 3. The molecule has 0 aliphatic heterocycles. The summed E-state index contributed by atoms with van der Waals surface area (Å²) in [6, 6.07) is 10.2. The Morgan fingerprint density at radius 1 is 1.30 bits per heavy atom. The van der Waals surface area contributed by atoms with Gasteiger partial charge in [-0.25, -0.2) is 4.39 Å². The molecule has 0 spiro atoms. The maximum atomic E-state index is 15.2. The van der Waals surface area contributed by atoms with Gasteiger partial charge in [0.2, 0.25) is 5.91 Å². The Bertz CT molecular complexity index is 1490. The first-order valence-electron chi connectivity index (χ1n) is 12.1. The lowest BCUT2D eigenvalue weighted by Gasteiger charge is -2.14. The summed E-state index contributed by atoms with van der Waals surface area (Å²) in [6.45, 7) is 6.10. The minimum Gasteiger partial charge on any atom is -0.453 e. The van der Waals surface area contributed by atoms with Crippen molar-refractivity contribution in [3.05, 3.63) is 84.6 Å². The average Bonchev–Trinajstić information content (AvgIpc) is 3.64. The Kier molecular flexibility index (Phi) is 7.14. The normalized spacial score (nSPS) is 13.9. The van der Waals surface area contributed by atoms with E-state index in [4.69, 9.17) is 4.74 Å². The third-order valence-electron chi connectivity index (χ3n) is 6.08. The SMILES string of the molecule is C=CCCn1cc(NC(=O)Cc2cc(C)c(Oc3ccnc4ccc(S(=O)C5CC5)cc34)c(F)c2)cn1. The second kappa shape index (κ2) is 10.6. The number of hydrogen-bond donors (Lipinski definition) is 1. The van der Waals surface area contributed by atoms with Crippen LogP contribution in [-0.4, -0.2) is 30.1 Å². The highest BCUT2D eigenvalue weighted by Gasteiger charge is 2.29. The van der Waals surface area contributed by atoms with Gasteiger partial charge in [-0.3, -0.25) is 18.7 Å². The number of carbonyl (C=O) groups is 1. The average molecular weight is 519 g/mol. The largest absolute Gasteiger partial charge is 0.453 e. The lowest BCUT2D eigenvalue weighted by molar-refractivity contribution is -0.115. The van der Waals surface area contributed by atoms with Crippen molar-refractivity contribution < 1.29 is 18.1 Å². The number of amides is 1. The van der Waals surface area contributed by atoms with Crippen LogP contribution in [0.15, 0.2) is 72.5 Å².